The number of hydrogen-bond acceptors (Lipinski definition) is 3. The quantitative estimate of drug-likeness (QED) is 0.780. The van der Waals surface area contributed by atoms with Crippen molar-refractivity contribution in [2.45, 2.75) is 25.7 Å². The molecule has 1 saturated carbocycles. The molecule has 1 aromatic rings. The summed E-state index contributed by atoms with van der Waals surface area (Å²) in [7, 11) is 0. The summed E-state index contributed by atoms with van der Waals surface area (Å²) in [6, 6.07) is 6.94. The van der Waals surface area contributed by atoms with Gasteiger partial charge in [-0.1, -0.05) is 36.3 Å². The third kappa shape index (κ3) is 2.49. The summed E-state index contributed by atoms with van der Waals surface area (Å²) in [6.07, 6.45) is 4.92. The first-order valence-electron chi connectivity index (χ1n) is 6.52. The number of aromatic hydroxyl groups is 1. The molecular formula is C15H19NO3. The number of carboxylic acid groups (broad SMARTS) is 1. The molecule has 1 unspecified atom stereocenters. The number of carboxylic acids is 1. The summed E-state index contributed by atoms with van der Waals surface area (Å²) < 4.78 is 0. The maximum absolute atomic E-state index is 11.6. The monoisotopic (exact) mass is 261 g/mol. The van der Waals surface area contributed by atoms with E-state index in [2.05, 4.69) is 0 Å². The minimum Gasteiger partial charge on any atom is -0.507 e. The van der Waals surface area contributed by atoms with Gasteiger partial charge in [0.2, 0.25) is 0 Å². The molecule has 102 valence electrons. The second kappa shape index (κ2) is 5.45. The third-order valence-electron chi connectivity index (χ3n) is 3.94. The second-order valence-corrected chi connectivity index (χ2v) is 5.03. The van der Waals surface area contributed by atoms with Crippen LogP contribution >= 0.6 is 0 Å². The molecule has 19 heavy (non-hydrogen) atoms. The normalized spacial score (nSPS) is 25.4. The first-order chi connectivity index (χ1) is 9.10. The molecule has 0 saturated heterocycles. The van der Waals surface area contributed by atoms with E-state index in [1.165, 1.54) is 0 Å². The van der Waals surface area contributed by atoms with E-state index < -0.39 is 11.4 Å². The van der Waals surface area contributed by atoms with Gasteiger partial charge in [-0.3, -0.25) is 4.79 Å². The van der Waals surface area contributed by atoms with Crippen molar-refractivity contribution in [3.8, 4) is 5.75 Å². The lowest BCUT2D eigenvalue weighted by atomic mass is 9.69. The van der Waals surface area contributed by atoms with Gasteiger partial charge in [-0.25, -0.2) is 0 Å². The van der Waals surface area contributed by atoms with Crippen LogP contribution in [0.5, 0.6) is 5.75 Å². The van der Waals surface area contributed by atoms with Gasteiger partial charge in [-0.2, -0.15) is 0 Å². The van der Waals surface area contributed by atoms with Gasteiger partial charge in [0.15, 0.2) is 0 Å². The van der Waals surface area contributed by atoms with Crippen LogP contribution in [0.3, 0.4) is 0 Å². The molecule has 1 aromatic carbocycles. The van der Waals surface area contributed by atoms with Crippen LogP contribution in [0.2, 0.25) is 0 Å². The van der Waals surface area contributed by atoms with Crippen LogP contribution in [0.1, 0.15) is 31.2 Å². The van der Waals surface area contributed by atoms with Crippen LogP contribution in [0.25, 0.3) is 6.08 Å². The Morgan fingerprint density at radius 2 is 2.11 bits per heavy atom. The predicted octanol–water partition coefficient (Wildman–Crippen LogP) is 2.38. The first-order valence-corrected chi connectivity index (χ1v) is 6.52. The summed E-state index contributed by atoms with van der Waals surface area (Å²) in [6.45, 7) is 0.0990. The van der Waals surface area contributed by atoms with Crippen molar-refractivity contribution in [1.29, 1.82) is 0 Å². The molecule has 0 radical (unpaired) electrons. The van der Waals surface area contributed by atoms with Crippen molar-refractivity contribution in [2.24, 2.45) is 11.1 Å². The summed E-state index contributed by atoms with van der Waals surface area (Å²) in [5.41, 5.74) is 6.23. The summed E-state index contributed by atoms with van der Waals surface area (Å²) in [4.78, 5) is 11.6. The number of para-hydroxylation sites is 1. The molecule has 1 aliphatic carbocycles. The zero-order chi connectivity index (χ0) is 13.9. The van der Waals surface area contributed by atoms with E-state index in [9.17, 15) is 15.0 Å². The molecule has 4 N–H and O–H groups in total. The van der Waals surface area contributed by atoms with Crippen LogP contribution in [0.4, 0.5) is 0 Å². The Balaban J connectivity index is 2.45. The summed E-state index contributed by atoms with van der Waals surface area (Å²) in [5.74, 6) is -0.701. The van der Waals surface area contributed by atoms with E-state index in [-0.39, 0.29) is 12.3 Å². The van der Waals surface area contributed by atoms with E-state index in [1.54, 1.807) is 24.3 Å². The van der Waals surface area contributed by atoms with Crippen molar-refractivity contribution in [2.75, 3.05) is 6.54 Å². The fraction of sp³-hybridized carbons (Fsp3) is 0.400. The number of aliphatic carboxylic acids is 1. The fourth-order valence-corrected chi connectivity index (χ4v) is 2.71. The number of rotatable bonds is 3. The molecule has 4 heteroatoms. The number of phenolic OH excluding ortho intramolecular Hbond substituents is 1. The lowest BCUT2D eigenvalue weighted by Gasteiger charge is -2.35. The molecule has 1 aliphatic rings. The van der Waals surface area contributed by atoms with Gasteiger partial charge in [0.05, 0.1) is 0 Å². The van der Waals surface area contributed by atoms with Crippen LogP contribution in [-0.4, -0.2) is 22.7 Å². The second-order valence-electron chi connectivity index (χ2n) is 5.03. The average Bonchev–Trinajstić information content (AvgIpc) is 2.42. The Kier molecular flexibility index (Phi) is 3.90. The Morgan fingerprint density at radius 3 is 2.74 bits per heavy atom. The van der Waals surface area contributed by atoms with Gasteiger partial charge in [0.1, 0.15) is 11.2 Å². The lowest BCUT2D eigenvalue weighted by Crippen LogP contribution is -2.42. The molecule has 0 aliphatic heterocycles. The van der Waals surface area contributed by atoms with Crippen molar-refractivity contribution >= 4 is 12.0 Å². The highest BCUT2D eigenvalue weighted by atomic mass is 16.4. The topological polar surface area (TPSA) is 83.6 Å². The number of hydrogen-bond donors (Lipinski definition) is 3. The van der Waals surface area contributed by atoms with Gasteiger partial charge in [0.25, 0.3) is 0 Å². The van der Waals surface area contributed by atoms with E-state index in [4.69, 9.17) is 5.73 Å². The predicted molar refractivity (Wildman–Crippen MR) is 73.7 cm³/mol. The van der Waals surface area contributed by atoms with Crippen LogP contribution in [0.15, 0.2) is 29.8 Å². The zero-order valence-corrected chi connectivity index (χ0v) is 10.8. The number of benzene rings is 1. The SMILES string of the molecule is NCC1(C(=O)O)CCCC/C1=C/c1ccccc1O. The number of phenols is 1. The number of carbonyl (C=O) groups is 1. The zero-order valence-electron chi connectivity index (χ0n) is 10.8. The van der Waals surface area contributed by atoms with Gasteiger partial charge in [-0.05, 0) is 25.3 Å². The summed E-state index contributed by atoms with van der Waals surface area (Å²) >= 11 is 0. The van der Waals surface area contributed by atoms with Gasteiger partial charge >= 0.3 is 5.97 Å². The van der Waals surface area contributed by atoms with Crippen molar-refractivity contribution < 1.29 is 15.0 Å². The molecule has 2 rings (SSSR count). The molecule has 1 atom stereocenters. The van der Waals surface area contributed by atoms with Crippen molar-refractivity contribution in [3.63, 3.8) is 0 Å². The largest absolute Gasteiger partial charge is 0.507 e. The van der Waals surface area contributed by atoms with Gasteiger partial charge in [-0.15, -0.1) is 0 Å². The lowest BCUT2D eigenvalue weighted by molar-refractivity contribution is -0.147. The first kappa shape index (κ1) is 13.6. The standard InChI is InChI=1S/C15H19NO3/c16-10-15(14(18)19)8-4-3-6-12(15)9-11-5-1-2-7-13(11)17/h1-2,5,7,9,17H,3-4,6,8,10,16H2,(H,18,19)/b12-9-. The molecule has 0 heterocycles. The Hall–Kier alpha value is -1.81. The minimum atomic E-state index is -0.972. The Labute approximate surface area is 112 Å². The summed E-state index contributed by atoms with van der Waals surface area (Å²) in [5, 5.41) is 19.3. The van der Waals surface area contributed by atoms with Crippen molar-refractivity contribution in [1.82, 2.24) is 0 Å². The highest BCUT2D eigenvalue weighted by Crippen LogP contribution is 2.42. The molecule has 4 nitrogen and oxygen atoms in total. The van der Waals surface area contributed by atoms with E-state index in [1.807, 2.05) is 6.07 Å². The smallest absolute Gasteiger partial charge is 0.315 e. The molecule has 0 bridgehead atoms. The number of nitrogens with two attached hydrogens (primary N) is 1. The maximum atomic E-state index is 11.6. The van der Waals surface area contributed by atoms with Crippen LogP contribution in [0, 0.1) is 5.41 Å². The highest BCUT2D eigenvalue weighted by molar-refractivity contribution is 5.82. The Bertz CT molecular complexity index is 510. The molecule has 0 amide bonds. The van der Waals surface area contributed by atoms with E-state index in [0.717, 1.165) is 24.8 Å². The molecule has 0 aromatic heterocycles. The van der Waals surface area contributed by atoms with Gasteiger partial charge < -0.3 is 15.9 Å². The third-order valence-corrected chi connectivity index (χ3v) is 3.94. The fourth-order valence-electron chi connectivity index (χ4n) is 2.71. The molecular weight excluding hydrogens is 242 g/mol. The minimum absolute atomic E-state index is 0.0990. The van der Waals surface area contributed by atoms with Crippen molar-refractivity contribution in [3.05, 3.63) is 35.4 Å². The molecule has 1 fully saturated rings. The maximum Gasteiger partial charge on any atom is 0.315 e. The highest BCUT2D eigenvalue weighted by Gasteiger charge is 2.42. The van der Waals surface area contributed by atoms with E-state index in [0.29, 0.717) is 12.0 Å². The Morgan fingerprint density at radius 1 is 1.37 bits per heavy atom. The van der Waals surface area contributed by atoms with Crippen LogP contribution < -0.4 is 5.73 Å². The van der Waals surface area contributed by atoms with E-state index >= 15 is 0 Å². The van der Waals surface area contributed by atoms with Crippen LogP contribution in [-0.2, 0) is 4.79 Å². The van der Waals surface area contributed by atoms with Gasteiger partial charge in [0, 0.05) is 12.1 Å². The molecule has 0 spiro atoms. The average molecular weight is 261 g/mol.